The molecule has 0 amide bonds. The second-order valence-corrected chi connectivity index (χ2v) is 7.30. The number of methoxy groups -OCH3 is 2. The maximum Gasteiger partial charge on any atom is 0.174 e. The lowest BCUT2D eigenvalue weighted by Crippen LogP contribution is -2.34. The molecule has 0 aromatic heterocycles. The summed E-state index contributed by atoms with van der Waals surface area (Å²) in [5, 5.41) is 3.98. The van der Waals surface area contributed by atoms with Crippen molar-refractivity contribution >= 4 is 23.0 Å². The van der Waals surface area contributed by atoms with Gasteiger partial charge in [0.25, 0.3) is 0 Å². The van der Waals surface area contributed by atoms with Crippen LogP contribution in [0.5, 0.6) is 17.2 Å². The van der Waals surface area contributed by atoms with E-state index in [0.29, 0.717) is 24.8 Å². The normalized spacial score (nSPS) is 10.3. The van der Waals surface area contributed by atoms with E-state index in [2.05, 4.69) is 16.3 Å². The Morgan fingerprint density at radius 3 is 2.26 bits per heavy atom. The summed E-state index contributed by atoms with van der Waals surface area (Å²) >= 11 is 5.81. The van der Waals surface area contributed by atoms with E-state index in [0.717, 1.165) is 34.1 Å². The first-order chi connectivity index (χ1) is 15.1. The third kappa shape index (κ3) is 6.36. The summed E-state index contributed by atoms with van der Waals surface area (Å²) in [4.78, 5) is 2.12. The van der Waals surface area contributed by atoms with Crippen LogP contribution in [-0.2, 0) is 13.1 Å². The fourth-order valence-corrected chi connectivity index (χ4v) is 3.43. The summed E-state index contributed by atoms with van der Waals surface area (Å²) in [6.45, 7) is 3.83. The predicted octanol–water partition coefficient (Wildman–Crippen LogP) is 5.50. The van der Waals surface area contributed by atoms with Crippen molar-refractivity contribution in [3.05, 3.63) is 83.9 Å². The minimum atomic E-state index is 0.588. The molecule has 0 saturated heterocycles. The SMILES string of the molecule is CCOc1ccccc1NC(=S)N(Cc1ccc(OC)cc1)Cc1cccc(OC)c1. The molecule has 0 fully saturated rings. The third-order valence-corrected chi connectivity index (χ3v) is 5.12. The zero-order valence-corrected chi connectivity index (χ0v) is 18.9. The summed E-state index contributed by atoms with van der Waals surface area (Å²) < 4.78 is 16.4. The van der Waals surface area contributed by atoms with E-state index in [1.54, 1.807) is 14.2 Å². The van der Waals surface area contributed by atoms with Crippen molar-refractivity contribution in [2.75, 3.05) is 26.1 Å². The number of para-hydroxylation sites is 2. The molecule has 0 atom stereocenters. The minimum Gasteiger partial charge on any atom is -0.497 e. The Morgan fingerprint density at radius 1 is 0.839 bits per heavy atom. The maximum atomic E-state index is 5.81. The highest BCUT2D eigenvalue weighted by Crippen LogP contribution is 2.25. The topological polar surface area (TPSA) is 43.0 Å². The molecule has 0 aliphatic heterocycles. The largest absolute Gasteiger partial charge is 0.497 e. The Labute approximate surface area is 189 Å². The van der Waals surface area contributed by atoms with Gasteiger partial charge in [-0.05, 0) is 66.7 Å². The molecule has 0 unspecified atom stereocenters. The van der Waals surface area contributed by atoms with Crippen molar-refractivity contribution < 1.29 is 14.2 Å². The molecule has 0 bridgehead atoms. The molecule has 0 saturated carbocycles. The number of benzene rings is 3. The Balaban J connectivity index is 1.83. The summed E-state index contributed by atoms with van der Waals surface area (Å²) in [6, 6.07) is 23.8. The van der Waals surface area contributed by atoms with Gasteiger partial charge in [-0.25, -0.2) is 0 Å². The average Bonchev–Trinajstić information content (AvgIpc) is 2.80. The molecule has 162 valence electrons. The fraction of sp³-hybridized carbons (Fsp3) is 0.240. The molecular weight excluding hydrogens is 408 g/mol. The van der Waals surface area contributed by atoms with Crippen LogP contribution in [0.2, 0.25) is 0 Å². The molecule has 31 heavy (non-hydrogen) atoms. The van der Waals surface area contributed by atoms with Gasteiger partial charge in [0.1, 0.15) is 17.2 Å². The zero-order chi connectivity index (χ0) is 22.1. The Bertz CT molecular complexity index is 992. The zero-order valence-electron chi connectivity index (χ0n) is 18.1. The van der Waals surface area contributed by atoms with Crippen molar-refractivity contribution in [1.82, 2.24) is 4.90 Å². The number of ether oxygens (including phenoxy) is 3. The third-order valence-electron chi connectivity index (χ3n) is 4.76. The van der Waals surface area contributed by atoms with Crippen LogP contribution in [0.25, 0.3) is 0 Å². The van der Waals surface area contributed by atoms with Crippen LogP contribution < -0.4 is 19.5 Å². The molecular formula is C25H28N2O3S. The fourth-order valence-electron chi connectivity index (χ4n) is 3.19. The quantitative estimate of drug-likeness (QED) is 0.447. The molecule has 3 aromatic rings. The van der Waals surface area contributed by atoms with E-state index < -0.39 is 0 Å². The standard InChI is InChI=1S/C25H28N2O3S/c1-4-30-24-11-6-5-10-23(24)26-25(31)27(17-19-12-14-21(28-2)15-13-19)18-20-8-7-9-22(16-20)29-3/h5-16H,4,17-18H2,1-3H3,(H,26,31). The van der Waals surface area contributed by atoms with Gasteiger partial charge >= 0.3 is 0 Å². The van der Waals surface area contributed by atoms with Crippen molar-refractivity contribution in [3.8, 4) is 17.2 Å². The Hall–Kier alpha value is -3.25. The van der Waals surface area contributed by atoms with E-state index in [1.165, 1.54) is 0 Å². The van der Waals surface area contributed by atoms with Gasteiger partial charge < -0.3 is 24.4 Å². The van der Waals surface area contributed by atoms with Gasteiger partial charge in [-0.2, -0.15) is 0 Å². The number of hydrogen-bond donors (Lipinski definition) is 1. The second-order valence-electron chi connectivity index (χ2n) is 6.91. The molecule has 0 radical (unpaired) electrons. The Kier molecular flexibility index (Phi) is 8.12. The van der Waals surface area contributed by atoms with Crippen molar-refractivity contribution in [1.29, 1.82) is 0 Å². The Morgan fingerprint density at radius 2 is 1.55 bits per heavy atom. The molecule has 5 nitrogen and oxygen atoms in total. The van der Waals surface area contributed by atoms with E-state index in [4.69, 9.17) is 26.4 Å². The summed E-state index contributed by atoms with van der Waals surface area (Å²) in [5.74, 6) is 2.43. The highest BCUT2D eigenvalue weighted by molar-refractivity contribution is 7.80. The lowest BCUT2D eigenvalue weighted by atomic mass is 10.1. The van der Waals surface area contributed by atoms with Crippen molar-refractivity contribution in [2.45, 2.75) is 20.0 Å². The van der Waals surface area contributed by atoms with Crippen LogP contribution in [0, 0.1) is 0 Å². The summed E-state index contributed by atoms with van der Waals surface area (Å²) in [5.41, 5.74) is 3.08. The number of anilines is 1. The first kappa shape index (κ1) is 22.4. The number of hydrogen-bond acceptors (Lipinski definition) is 4. The van der Waals surface area contributed by atoms with Crippen LogP contribution in [0.1, 0.15) is 18.1 Å². The monoisotopic (exact) mass is 436 g/mol. The molecule has 6 heteroatoms. The summed E-state index contributed by atoms with van der Waals surface area (Å²) in [6.07, 6.45) is 0. The minimum absolute atomic E-state index is 0.588. The molecule has 3 aromatic carbocycles. The van der Waals surface area contributed by atoms with E-state index in [1.807, 2.05) is 73.7 Å². The van der Waals surface area contributed by atoms with E-state index >= 15 is 0 Å². The van der Waals surface area contributed by atoms with Crippen LogP contribution >= 0.6 is 12.2 Å². The second kappa shape index (κ2) is 11.2. The lowest BCUT2D eigenvalue weighted by molar-refractivity contribution is 0.342. The van der Waals surface area contributed by atoms with E-state index in [9.17, 15) is 0 Å². The number of nitrogens with one attached hydrogen (secondary N) is 1. The van der Waals surface area contributed by atoms with Crippen LogP contribution in [0.4, 0.5) is 5.69 Å². The molecule has 0 aliphatic carbocycles. The van der Waals surface area contributed by atoms with Crippen LogP contribution in [-0.4, -0.2) is 30.8 Å². The molecule has 0 spiro atoms. The van der Waals surface area contributed by atoms with Gasteiger partial charge in [0.2, 0.25) is 0 Å². The van der Waals surface area contributed by atoms with Crippen molar-refractivity contribution in [3.63, 3.8) is 0 Å². The number of rotatable bonds is 9. The van der Waals surface area contributed by atoms with Gasteiger partial charge in [-0.15, -0.1) is 0 Å². The smallest absolute Gasteiger partial charge is 0.174 e. The number of nitrogens with zero attached hydrogens (tertiary/aromatic N) is 1. The average molecular weight is 437 g/mol. The van der Waals surface area contributed by atoms with Gasteiger partial charge in [0.15, 0.2) is 5.11 Å². The van der Waals surface area contributed by atoms with Gasteiger partial charge in [-0.1, -0.05) is 36.4 Å². The molecule has 1 N–H and O–H groups in total. The van der Waals surface area contributed by atoms with Gasteiger partial charge in [0, 0.05) is 13.1 Å². The van der Waals surface area contributed by atoms with Crippen LogP contribution in [0.15, 0.2) is 72.8 Å². The molecule has 3 rings (SSSR count). The van der Waals surface area contributed by atoms with E-state index in [-0.39, 0.29) is 0 Å². The maximum absolute atomic E-state index is 5.81. The van der Waals surface area contributed by atoms with Crippen molar-refractivity contribution in [2.24, 2.45) is 0 Å². The number of thiocarbonyl (C=S) groups is 1. The predicted molar refractivity (Wildman–Crippen MR) is 129 cm³/mol. The lowest BCUT2D eigenvalue weighted by Gasteiger charge is -2.27. The summed E-state index contributed by atoms with van der Waals surface area (Å²) in [7, 11) is 3.34. The highest BCUT2D eigenvalue weighted by atomic mass is 32.1. The first-order valence-electron chi connectivity index (χ1n) is 10.2. The van der Waals surface area contributed by atoms with Gasteiger partial charge in [-0.3, -0.25) is 0 Å². The molecule has 0 heterocycles. The highest BCUT2D eigenvalue weighted by Gasteiger charge is 2.14. The molecule has 0 aliphatic rings. The van der Waals surface area contributed by atoms with Crippen LogP contribution in [0.3, 0.4) is 0 Å². The first-order valence-corrected chi connectivity index (χ1v) is 10.6. The van der Waals surface area contributed by atoms with Gasteiger partial charge in [0.05, 0.1) is 26.5 Å².